The van der Waals surface area contributed by atoms with Crippen LogP contribution in [0, 0.1) is 11.8 Å². The van der Waals surface area contributed by atoms with Crippen LogP contribution in [0.25, 0.3) is 0 Å². The number of hydrogen-bond donors (Lipinski definition) is 4. The van der Waals surface area contributed by atoms with Gasteiger partial charge < -0.3 is 26.0 Å². The molecule has 4 N–H and O–H groups in total. The fourth-order valence-electron chi connectivity index (χ4n) is 7.10. The van der Waals surface area contributed by atoms with Gasteiger partial charge in [-0.1, -0.05) is 75.1 Å². The van der Waals surface area contributed by atoms with Crippen molar-refractivity contribution in [2.75, 3.05) is 0 Å². The molecule has 1 unspecified atom stereocenters. The topological polar surface area (TPSA) is 143 Å². The number of rotatable bonds is 12. The van der Waals surface area contributed by atoms with Crippen molar-refractivity contribution in [1.29, 1.82) is 0 Å². The van der Waals surface area contributed by atoms with E-state index in [1.54, 1.807) is 24.3 Å². The van der Waals surface area contributed by atoms with E-state index in [-0.39, 0.29) is 36.4 Å². The first kappa shape index (κ1) is 32.3. The molecule has 0 radical (unpaired) electrons. The molecule has 44 heavy (non-hydrogen) atoms. The number of alkyl carbamates (subject to hydrolysis) is 1. The minimum atomic E-state index is -1.19. The molecule has 0 bridgehead atoms. The van der Waals surface area contributed by atoms with E-state index < -0.39 is 41.7 Å². The summed E-state index contributed by atoms with van der Waals surface area (Å²) in [6.07, 6.45) is 12.0. The van der Waals surface area contributed by atoms with E-state index in [1.807, 2.05) is 0 Å². The highest BCUT2D eigenvalue weighted by Gasteiger charge is 2.46. The van der Waals surface area contributed by atoms with Gasteiger partial charge in [-0.2, -0.15) is 0 Å². The van der Waals surface area contributed by atoms with Crippen LogP contribution >= 0.6 is 11.6 Å². The van der Waals surface area contributed by atoms with Gasteiger partial charge in [0.1, 0.15) is 12.6 Å². The van der Waals surface area contributed by atoms with E-state index in [2.05, 4.69) is 21.3 Å². The van der Waals surface area contributed by atoms with Gasteiger partial charge in [0.05, 0.1) is 6.04 Å². The van der Waals surface area contributed by atoms with E-state index >= 15 is 0 Å². The van der Waals surface area contributed by atoms with Gasteiger partial charge in [-0.15, -0.1) is 0 Å². The second kappa shape index (κ2) is 14.8. The molecule has 1 aromatic rings. The zero-order chi connectivity index (χ0) is 31.1. The minimum Gasteiger partial charge on any atom is -0.445 e. The van der Waals surface area contributed by atoms with Crippen molar-refractivity contribution < 1.29 is 28.7 Å². The first-order chi connectivity index (χ1) is 21.2. The third-order valence-corrected chi connectivity index (χ3v) is 9.89. The average molecular weight is 629 g/mol. The van der Waals surface area contributed by atoms with Crippen LogP contribution in [0.3, 0.4) is 0 Å². The number of ether oxygens (including phenoxy) is 1. The van der Waals surface area contributed by atoms with Gasteiger partial charge in [0, 0.05) is 22.5 Å². The highest BCUT2D eigenvalue weighted by atomic mass is 35.5. The van der Waals surface area contributed by atoms with Crippen molar-refractivity contribution >= 4 is 41.2 Å². The summed E-state index contributed by atoms with van der Waals surface area (Å²) in [6, 6.07) is 4.78. The SMILES string of the molecule is O=C(N[C@@H](CC1CCCCC1)C(=O)N[C@@H](CC1CC2(CCCCC2)NC1=O)C(=O)C(=O)NC1CC1)OCc1cccc(Cl)c1. The molecule has 1 spiro atoms. The molecule has 4 amide bonds. The Bertz CT molecular complexity index is 1220. The second-order valence-electron chi connectivity index (χ2n) is 13.3. The number of halogens is 1. The van der Waals surface area contributed by atoms with Crippen LogP contribution in [0.5, 0.6) is 0 Å². The van der Waals surface area contributed by atoms with E-state index in [0.717, 1.165) is 77.0 Å². The second-order valence-corrected chi connectivity index (χ2v) is 13.7. The molecule has 3 atom stereocenters. The third-order valence-electron chi connectivity index (χ3n) is 9.66. The van der Waals surface area contributed by atoms with Gasteiger partial charge in [0.15, 0.2) is 0 Å². The molecule has 240 valence electrons. The Morgan fingerprint density at radius 1 is 0.932 bits per heavy atom. The summed E-state index contributed by atoms with van der Waals surface area (Å²) in [7, 11) is 0. The molecule has 1 aliphatic heterocycles. The van der Waals surface area contributed by atoms with Crippen LogP contribution in [-0.4, -0.2) is 53.3 Å². The van der Waals surface area contributed by atoms with E-state index in [4.69, 9.17) is 16.3 Å². The third kappa shape index (κ3) is 8.96. The zero-order valence-electron chi connectivity index (χ0n) is 25.3. The molecule has 4 aliphatic rings. The Labute approximate surface area is 264 Å². The molecule has 1 heterocycles. The number of amides is 4. The van der Waals surface area contributed by atoms with Crippen molar-refractivity contribution in [3.05, 3.63) is 34.9 Å². The molecule has 1 saturated heterocycles. The quantitative estimate of drug-likeness (QED) is 0.252. The molecule has 3 saturated carbocycles. The van der Waals surface area contributed by atoms with E-state index in [1.165, 1.54) is 0 Å². The highest BCUT2D eigenvalue weighted by molar-refractivity contribution is 6.38. The lowest BCUT2D eigenvalue weighted by Crippen LogP contribution is -2.55. The molecule has 10 nitrogen and oxygen atoms in total. The normalized spacial score (nSPS) is 22.8. The van der Waals surface area contributed by atoms with Gasteiger partial charge >= 0.3 is 6.09 Å². The van der Waals surface area contributed by atoms with E-state index in [0.29, 0.717) is 23.4 Å². The van der Waals surface area contributed by atoms with Gasteiger partial charge in [0.2, 0.25) is 17.6 Å². The predicted octanol–water partition coefficient (Wildman–Crippen LogP) is 4.47. The number of ketones is 1. The summed E-state index contributed by atoms with van der Waals surface area (Å²) in [5.41, 5.74) is 0.435. The lowest BCUT2D eigenvalue weighted by atomic mass is 9.78. The summed E-state index contributed by atoms with van der Waals surface area (Å²) in [5.74, 6) is -2.47. The summed E-state index contributed by atoms with van der Waals surface area (Å²) in [4.78, 5) is 66.1. The first-order valence-corrected chi connectivity index (χ1v) is 16.7. The average Bonchev–Trinajstić information content (AvgIpc) is 3.78. The lowest BCUT2D eigenvalue weighted by Gasteiger charge is -2.33. The van der Waals surface area contributed by atoms with Crippen LogP contribution in [0.4, 0.5) is 4.79 Å². The predicted molar refractivity (Wildman–Crippen MR) is 165 cm³/mol. The Hall–Kier alpha value is -3.14. The van der Waals surface area contributed by atoms with Gasteiger partial charge in [-0.05, 0) is 68.6 Å². The molecular weight excluding hydrogens is 584 g/mol. The van der Waals surface area contributed by atoms with Crippen molar-refractivity contribution in [3.63, 3.8) is 0 Å². The molecular formula is C33H45ClN4O6. The summed E-state index contributed by atoms with van der Waals surface area (Å²) in [6.45, 7) is -0.0227. The van der Waals surface area contributed by atoms with Crippen LogP contribution < -0.4 is 21.3 Å². The Balaban J connectivity index is 1.28. The lowest BCUT2D eigenvalue weighted by molar-refractivity contribution is -0.141. The molecule has 11 heteroatoms. The summed E-state index contributed by atoms with van der Waals surface area (Å²) < 4.78 is 5.41. The maximum atomic E-state index is 13.8. The monoisotopic (exact) mass is 628 g/mol. The Morgan fingerprint density at radius 2 is 1.66 bits per heavy atom. The zero-order valence-corrected chi connectivity index (χ0v) is 26.1. The van der Waals surface area contributed by atoms with Crippen molar-refractivity contribution in [2.45, 2.75) is 127 Å². The van der Waals surface area contributed by atoms with Gasteiger partial charge in [-0.25, -0.2) is 4.79 Å². The van der Waals surface area contributed by atoms with Gasteiger partial charge in [-0.3, -0.25) is 19.2 Å². The number of carbonyl (C=O) groups is 5. The number of Topliss-reactive ketones (excluding diaryl/α,β-unsaturated/α-hetero) is 1. The molecule has 5 rings (SSSR count). The van der Waals surface area contributed by atoms with Crippen LogP contribution in [0.15, 0.2) is 24.3 Å². The fourth-order valence-corrected chi connectivity index (χ4v) is 7.32. The van der Waals surface area contributed by atoms with Crippen LogP contribution in [0.1, 0.15) is 102 Å². The first-order valence-electron chi connectivity index (χ1n) is 16.3. The summed E-state index contributed by atoms with van der Waals surface area (Å²) >= 11 is 6.04. The molecule has 4 fully saturated rings. The standard InChI is InChI=1S/C33H45ClN4O6/c34-24-11-7-10-22(16-24)20-44-32(43)37-27(17-21-8-3-1-4-9-21)30(41)36-26(28(39)31(42)35-25-12-13-25)18-23-19-33(38-29(23)40)14-5-2-6-15-33/h7,10-11,16,21,23,25-27H,1-6,8-9,12-15,17-20H2,(H,35,42)(H,36,41)(H,37,43)(H,38,40)/t23?,26-,27-/m0/s1. The Morgan fingerprint density at radius 3 is 2.36 bits per heavy atom. The maximum absolute atomic E-state index is 13.8. The van der Waals surface area contributed by atoms with Crippen LogP contribution in [0.2, 0.25) is 5.02 Å². The van der Waals surface area contributed by atoms with E-state index in [9.17, 15) is 24.0 Å². The van der Waals surface area contributed by atoms with Crippen molar-refractivity contribution in [1.82, 2.24) is 21.3 Å². The number of nitrogens with one attached hydrogen (secondary N) is 4. The van der Waals surface area contributed by atoms with Crippen molar-refractivity contribution in [2.24, 2.45) is 11.8 Å². The van der Waals surface area contributed by atoms with Gasteiger partial charge in [0.25, 0.3) is 5.91 Å². The maximum Gasteiger partial charge on any atom is 0.408 e. The molecule has 3 aliphatic carbocycles. The minimum absolute atomic E-state index is 0.0227. The Kier molecular flexibility index (Phi) is 10.8. The van der Waals surface area contributed by atoms with Crippen LogP contribution in [-0.2, 0) is 30.5 Å². The fraction of sp³-hybridized carbons (Fsp3) is 0.667. The molecule has 1 aromatic carbocycles. The highest BCUT2D eigenvalue weighted by Crippen LogP contribution is 2.39. The number of hydrogen-bond acceptors (Lipinski definition) is 6. The molecule has 0 aromatic heterocycles. The summed E-state index contributed by atoms with van der Waals surface area (Å²) in [5, 5.41) is 11.9. The smallest absolute Gasteiger partial charge is 0.408 e. The number of benzene rings is 1. The largest absolute Gasteiger partial charge is 0.445 e. The van der Waals surface area contributed by atoms with Crippen molar-refractivity contribution in [3.8, 4) is 0 Å². The number of carbonyl (C=O) groups excluding carboxylic acids is 5.